The van der Waals surface area contributed by atoms with Gasteiger partial charge in [-0.15, -0.1) is 0 Å². The van der Waals surface area contributed by atoms with Crippen LogP contribution in [0.1, 0.15) is 24.8 Å². The molecule has 3 nitrogen and oxygen atoms in total. The summed E-state index contributed by atoms with van der Waals surface area (Å²) >= 11 is 6.24. The van der Waals surface area contributed by atoms with Crippen LogP contribution < -0.4 is 11.1 Å². The van der Waals surface area contributed by atoms with Crippen LogP contribution in [-0.4, -0.2) is 19.0 Å². The van der Waals surface area contributed by atoms with E-state index in [0.29, 0.717) is 18.0 Å². The molecule has 0 spiro atoms. The van der Waals surface area contributed by atoms with Gasteiger partial charge in [0.2, 0.25) is 5.91 Å². The second-order valence-corrected chi connectivity index (χ2v) is 5.00. The lowest BCUT2D eigenvalue weighted by Gasteiger charge is -2.31. The first kappa shape index (κ1) is 12.4. The first-order valence-electron chi connectivity index (χ1n) is 5.90. The van der Waals surface area contributed by atoms with Gasteiger partial charge in [-0.2, -0.15) is 0 Å². The van der Waals surface area contributed by atoms with E-state index in [4.69, 9.17) is 17.3 Å². The number of nitrogens with one attached hydrogen (secondary N) is 1. The molecule has 1 atom stereocenters. The van der Waals surface area contributed by atoms with Crippen molar-refractivity contribution in [3.8, 4) is 0 Å². The fourth-order valence-corrected chi connectivity index (χ4v) is 2.85. The minimum absolute atomic E-state index is 0.0628. The van der Waals surface area contributed by atoms with Crippen molar-refractivity contribution in [3.05, 3.63) is 34.9 Å². The normalized spacial score (nSPS) is 25.2. The number of rotatable bonds is 2. The minimum atomic E-state index is -0.307. The van der Waals surface area contributed by atoms with E-state index in [1.54, 1.807) is 0 Å². The monoisotopic (exact) mass is 252 g/mol. The molecule has 1 heterocycles. The van der Waals surface area contributed by atoms with Gasteiger partial charge in [0.05, 0.1) is 0 Å². The number of benzene rings is 1. The van der Waals surface area contributed by atoms with Crippen LogP contribution in [0.2, 0.25) is 5.02 Å². The lowest BCUT2D eigenvalue weighted by molar-refractivity contribution is -0.121. The first-order valence-corrected chi connectivity index (χ1v) is 6.27. The van der Waals surface area contributed by atoms with Crippen LogP contribution >= 0.6 is 11.6 Å². The molecule has 1 unspecified atom stereocenters. The van der Waals surface area contributed by atoms with Crippen LogP contribution in [0.15, 0.2) is 24.3 Å². The molecular weight excluding hydrogens is 236 g/mol. The summed E-state index contributed by atoms with van der Waals surface area (Å²) in [5.74, 6) is 0.0628. The Morgan fingerprint density at radius 1 is 1.41 bits per heavy atom. The molecule has 3 N–H and O–H groups in total. The van der Waals surface area contributed by atoms with Gasteiger partial charge in [0.1, 0.15) is 0 Å². The van der Waals surface area contributed by atoms with Crippen molar-refractivity contribution in [1.82, 2.24) is 5.32 Å². The maximum absolute atomic E-state index is 11.7. The van der Waals surface area contributed by atoms with Gasteiger partial charge >= 0.3 is 0 Å². The number of hydrogen-bond acceptors (Lipinski definition) is 2. The predicted molar refractivity (Wildman–Crippen MR) is 69.0 cm³/mol. The third kappa shape index (κ3) is 2.45. The molecule has 17 heavy (non-hydrogen) atoms. The van der Waals surface area contributed by atoms with Crippen molar-refractivity contribution in [2.45, 2.75) is 24.7 Å². The van der Waals surface area contributed by atoms with E-state index in [1.807, 2.05) is 24.3 Å². The Bertz CT molecular complexity index is 422. The summed E-state index contributed by atoms with van der Waals surface area (Å²) in [6.45, 7) is 1.18. The molecule has 1 aliphatic heterocycles. The Balaban J connectivity index is 2.42. The molecule has 1 aromatic carbocycles. The fourth-order valence-electron chi connectivity index (χ4n) is 2.52. The van der Waals surface area contributed by atoms with E-state index in [0.717, 1.165) is 24.9 Å². The molecule has 1 saturated heterocycles. The van der Waals surface area contributed by atoms with Crippen LogP contribution in [0.4, 0.5) is 0 Å². The molecule has 2 rings (SSSR count). The summed E-state index contributed by atoms with van der Waals surface area (Å²) in [5, 5.41) is 3.59. The van der Waals surface area contributed by atoms with Crippen LogP contribution in [0.25, 0.3) is 0 Å². The fraction of sp³-hybridized carbons (Fsp3) is 0.462. The summed E-state index contributed by atoms with van der Waals surface area (Å²) in [6, 6.07) is 7.68. The van der Waals surface area contributed by atoms with E-state index >= 15 is 0 Å². The molecule has 1 fully saturated rings. The number of nitrogens with two attached hydrogens (primary N) is 1. The van der Waals surface area contributed by atoms with Crippen LogP contribution in [0, 0.1) is 0 Å². The number of carbonyl (C=O) groups excluding carboxylic acids is 1. The number of amides is 1. The van der Waals surface area contributed by atoms with Gasteiger partial charge in [-0.05, 0) is 24.5 Å². The smallest absolute Gasteiger partial charge is 0.220 e. The molecule has 0 radical (unpaired) electrons. The van der Waals surface area contributed by atoms with Gasteiger partial charge in [-0.3, -0.25) is 4.79 Å². The third-order valence-corrected chi connectivity index (χ3v) is 3.82. The SMILES string of the molecule is NCC1(c2ccccc2Cl)CCCNC(=O)C1. The van der Waals surface area contributed by atoms with E-state index in [-0.39, 0.29) is 11.3 Å². The van der Waals surface area contributed by atoms with Crippen LogP contribution in [0.5, 0.6) is 0 Å². The van der Waals surface area contributed by atoms with Gasteiger partial charge in [0, 0.05) is 29.9 Å². The molecule has 92 valence electrons. The second kappa shape index (κ2) is 5.07. The zero-order chi connectivity index (χ0) is 12.3. The number of halogens is 1. The zero-order valence-electron chi connectivity index (χ0n) is 9.71. The number of hydrogen-bond donors (Lipinski definition) is 2. The van der Waals surface area contributed by atoms with E-state index in [1.165, 1.54) is 0 Å². The first-order chi connectivity index (χ1) is 8.18. The van der Waals surface area contributed by atoms with Gasteiger partial charge < -0.3 is 11.1 Å². The zero-order valence-corrected chi connectivity index (χ0v) is 10.5. The Morgan fingerprint density at radius 3 is 2.88 bits per heavy atom. The largest absolute Gasteiger partial charge is 0.356 e. The molecule has 1 amide bonds. The summed E-state index contributed by atoms with van der Waals surface area (Å²) in [4.78, 5) is 11.7. The van der Waals surface area contributed by atoms with E-state index in [9.17, 15) is 4.79 Å². The van der Waals surface area contributed by atoms with Crippen molar-refractivity contribution in [2.75, 3.05) is 13.1 Å². The molecule has 0 saturated carbocycles. The maximum atomic E-state index is 11.7. The summed E-state index contributed by atoms with van der Waals surface area (Å²) in [6.07, 6.45) is 2.26. The van der Waals surface area contributed by atoms with Crippen molar-refractivity contribution in [3.63, 3.8) is 0 Å². The lowest BCUT2D eigenvalue weighted by Crippen LogP contribution is -2.38. The lowest BCUT2D eigenvalue weighted by atomic mass is 9.74. The Kier molecular flexibility index (Phi) is 3.69. The van der Waals surface area contributed by atoms with Crippen molar-refractivity contribution in [1.29, 1.82) is 0 Å². The van der Waals surface area contributed by atoms with Gasteiger partial charge in [-0.25, -0.2) is 0 Å². The predicted octanol–water partition coefficient (Wildman–Crippen LogP) is 1.84. The maximum Gasteiger partial charge on any atom is 0.220 e. The molecule has 4 heteroatoms. The average Bonchev–Trinajstić information content (AvgIpc) is 2.52. The highest BCUT2D eigenvalue weighted by atomic mass is 35.5. The van der Waals surface area contributed by atoms with E-state index in [2.05, 4.69) is 5.32 Å². The highest BCUT2D eigenvalue weighted by molar-refractivity contribution is 6.31. The molecule has 0 bridgehead atoms. The topological polar surface area (TPSA) is 55.1 Å². The van der Waals surface area contributed by atoms with Crippen LogP contribution in [0.3, 0.4) is 0 Å². The van der Waals surface area contributed by atoms with Gasteiger partial charge in [-0.1, -0.05) is 29.8 Å². The highest BCUT2D eigenvalue weighted by Gasteiger charge is 2.36. The highest BCUT2D eigenvalue weighted by Crippen LogP contribution is 2.37. The molecule has 1 aromatic rings. The molecule has 0 aromatic heterocycles. The summed E-state index contributed by atoms with van der Waals surface area (Å²) in [5.41, 5.74) is 6.63. The molecule has 1 aliphatic rings. The van der Waals surface area contributed by atoms with Crippen molar-refractivity contribution in [2.24, 2.45) is 5.73 Å². The summed E-state index contributed by atoms with van der Waals surface area (Å²) in [7, 11) is 0. The third-order valence-electron chi connectivity index (χ3n) is 3.49. The number of carbonyl (C=O) groups is 1. The van der Waals surface area contributed by atoms with Gasteiger partial charge in [0.25, 0.3) is 0 Å². The van der Waals surface area contributed by atoms with Gasteiger partial charge in [0.15, 0.2) is 0 Å². The molecule has 0 aliphatic carbocycles. The average molecular weight is 253 g/mol. The quantitative estimate of drug-likeness (QED) is 0.844. The van der Waals surface area contributed by atoms with Crippen molar-refractivity contribution >= 4 is 17.5 Å². The van der Waals surface area contributed by atoms with Crippen molar-refractivity contribution < 1.29 is 4.79 Å². The Labute approximate surface area is 106 Å². The van der Waals surface area contributed by atoms with Crippen LogP contribution in [-0.2, 0) is 10.2 Å². The molecular formula is C13H17ClN2O. The second-order valence-electron chi connectivity index (χ2n) is 4.59. The minimum Gasteiger partial charge on any atom is -0.356 e. The summed E-state index contributed by atoms with van der Waals surface area (Å²) < 4.78 is 0. The standard InChI is InChI=1S/C13H17ClN2O/c14-11-5-2-1-4-10(11)13(9-15)6-3-7-16-12(17)8-13/h1-2,4-5H,3,6-9,15H2,(H,16,17). The Hall–Kier alpha value is -1.06. The Morgan fingerprint density at radius 2 is 2.18 bits per heavy atom. The van der Waals surface area contributed by atoms with E-state index < -0.39 is 0 Å².